The lowest BCUT2D eigenvalue weighted by atomic mass is 10.2. The molecule has 0 bridgehead atoms. The van der Waals surface area contributed by atoms with E-state index in [4.69, 9.17) is 10.5 Å². The molecule has 0 radical (unpaired) electrons. The van der Waals surface area contributed by atoms with Crippen LogP contribution in [0.5, 0.6) is 5.75 Å². The molecule has 0 aliphatic rings. The molecule has 23 heavy (non-hydrogen) atoms. The monoisotopic (exact) mass is 315 g/mol. The lowest BCUT2D eigenvalue weighted by molar-refractivity contribution is -0.384. The molecule has 0 atom stereocenters. The molecule has 0 aliphatic carbocycles. The predicted molar refractivity (Wildman–Crippen MR) is 83.2 cm³/mol. The summed E-state index contributed by atoms with van der Waals surface area (Å²) in [5.74, 6) is -0.0128. The number of amides is 1. The van der Waals surface area contributed by atoms with Crippen LogP contribution in [0.4, 0.5) is 11.5 Å². The Morgan fingerprint density at radius 3 is 2.78 bits per heavy atom. The molecule has 0 saturated heterocycles. The molecule has 0 unspecified atom stereocenters. The number of pyridine rings is 1. The van der Waals surface area contributed by atoms with Crippen molar-refractivity contribution in [2.75, 3.05) is 12.0 Å². The molecule has 3 N–H and O–H groups in total. The molecule has 0 saturated carbocycles. The highest BCUT2D eigenvalue weighted by molar-refractivity contribution is 5.80. The van der Waals surface area contributed by atoms with Gasteiger partial charge in [0.05, 0.1) is 11.1 Å². The Morgan fingerprint density at radius 2 is 2.13 bits per heavy atom. The van der Waals surface area contributed by atoms with Crippen LogP contribution in [0.15, 0.2) is 47.7 Å². The summed E-state index contributed by atoms with van der Waals surface area (Å²) < 4.78 is 5.12. The number of aromatic nitrogens is 1. The van der Waals surface area contributed by atoms with E-state index in [1.807, 2.05) is 0 Å². The van der Waals surface area contributed by atoms with E-state index in [0.29, 0.717) is 5.75 Å². The molecule has 9 nitrogen and oxygen atoms in total. The first-order valence-corrected chi connectivity index (χ1v) is 6.46. The second-order valence-electron chi connectivity index (χ2n) is 4.32. The SMILES string of the molecule is NC(=O)COc1ccc(/C=N\Nc2ncccc2[N+](=O)[O-])cc1. The summed E-state index contributed by atoms with van der Waals surface area (Å²) in [4.78, 5) is 24.7. The molecule has 0 fully saturated rings. The maximum Gasteiger partial charge on any atom is 0.313 e. The van der Waals surface area contributed by atoms with Crippen molar-refractivity contribution in [2.24, 2.45) is 10.8 Å². The Bertz CT molecular complexity index is 730. The van der Waals surface area contributed by atoms with Crippen LogP contribution < -0.4 is 15.9 Å². The topological polar surface area (TPSA) is 133 Å². The molecule has 118 valence electrons. The Hall–Kier alpha value is -3.49. The van der Waals surface area contributed by atoms with Crippen LogP contribution in [0.1, 0.15) is 5.56 Å². The van der Waals surface area contributed by atoms with Gasteiger partial charge in [-0.1, -0.05) is 0 Å². The number of ether oxygens (including phenoxy) is 1. The summed E-state index contributed by atoms with van der Waals surface area (Å²) in [6.07, 6.45) is 2.89. The number of nitro groups is 1. The van der Waals surface area contributed by atoms with Gasteiger partial charge < -0.3 is 10.5 Å². The lowest BCUT2D eigenvalue weighted by Gasteiger charge is -2.03. The summed E-state index contributed by atoms with van der Waals surface area (Å²) in [5.41, 5.74) is 8.06. The number of benzene rings is 1. The highest BCUT2D eigenvalue weighted by Gasteiger charge is 2.12. The zero-order chi connectivity index (χ0) is 16.7. The van der Waals surface area contributed by atoms with Gasteiger partial charge in [0.1, 0.15) is 5.75 Å². The van der Waals surface area contributed by atoms with Crippen molar-refractivity contribution in [1.29, 1.82) is 0 Å². The van der Waals surface area contributed by atoms with Gasteiger partial charge in [-0.15, -0.1) is 0 Å². The Labute approximate surface area is 130 Å². The average molecular weight is 315 g/mol. The third kappa shape index (κ3) is 4.77. The van der Waals surface area contributed by atoms with Crippen LogP contribution in [-0.2, 0) is 4.79 Å². The van der Waals surface area contributed by atoms with Crippen LogP contribution >= 0.6 is 0 Å². The summed E-state index contributed by atoms with van der Waals surface area (Å²) in [6, 6.07) is 9.50. The quantitative estimate of drug-likeness (QED) is 0.449. The molecule has 0 aliphatic heterocycles. The van der Waals surface area contributed by atoms with E-state index < -0.39 is 10.8 Å². The first-order valence-electron chi connectivity index (χ1n) is 6.46. The lowest BCUT2D eigenvalue weighted by Crippen LogP contribution is -2.19. The summed E-state index contributed by atoms with van der Waals surface area (Å²) in [6.45, 7) is -0.196. The van der Waals surface area contributed by atoms with E-state index >= 15 is 0 Å². The molecule has 9 heteroatoms. The van der Waals surface area contributed by atoms with Gasteiger partial charge in [0, 0.05) is 12.3 Å². The maximum absolute atomic E-state index is 10.8. The number of nitrogens with two attached hydrogens (primary N) is 1. The first kappa shape index (κ1) is 15.9. The minimum Gasteiger partial charge on any atom is -0.484 e. The van der Waals surface area contributed by atoms with E-state index in [2.05, 4.69) is 15.5 Å². The van der Waals surface area contributed by atoms with E-state index in [0.717, 1.165) is 5.56 Å². The highest BCUT2D eigenvalue weighted by Crippen LogP contribution is 2.20. The maximum atomic E-state index is 10.8. The number of hydrazone groups is 1. The summed E-state index contributed by atoms with van der Waals surface area (Å²) in [5, 5.41) is 14.7. The molecule has 1 amide bonds. The number of hydrogen-bond acceptors (Lipinski definition) is 7. The van der Waals surface area contributed by atoms with Gasteiger partial charge in [0.2, 0.25) is 5.82 Å². The van der Waals surface area contributed by atoms with Crippen LogP contribution in [-0.4, -0.2) is 28.6 Å². The molecular weight excluding hydrogens is 302 g/mol. The number of anilines is 1. The van der Waals surface area contributed by atoms with Crippen LogP contribution in [0.25, 0.3) is 0 Å². The zero-order valence-electron chi connectivity index (χ0n) is 11.9. The third-order valence-electron chi connectivity index (χ3n) is 2.63. The molecule has 2 aromatic rings. The molecule has 1 aromatic carbocycles. The van der Waals surface area contributed by atoms with Gasteiger partial charge in [0.25, 0.3) is 5.91 Å². The fourth-order valence-electron chi connectivity index (χ4n) is 1.60. The molecule has 1 aromatic heterocycles. The number of rotatable bonds is 7. The van der Waals surface area contributed by atoms with Crippen molar-refractivity contribution in [2.45, 2.75) is 0 Å². The normalized spacial score (nSPS) is 10.4. The number of nitrogens with one attached hydrogen (secondary N) is 1. The summed E-state index contributed by atoms with van der Waals surface area (Å²) >= 11 is 0. The molecule has 0 spiro atoms. The van der Waals surface area contributed by atoms with Crippen molar-refractivity contribution in [3.63, 3.8) is 0 Å². The fraction of sp³-hybridized carbons (Fsp3) is 0.0714. The molecule has 1 heterocycles. The Morgan fingerprint density at radius 1 is 1.39 bits per heavy atom. The average Bonchev–Trinajstić information content (AvgIpc) is 2.54. The fourth-order valence-corrected chi connectivity index (χ4v) is 1.60. The van der Waals surface area contributed by atoms with E-state index in [1.165, 1.54) is 24.5 Å². The predicted octanol–water partition coefficient (Wildman–Crippen LogP) is 1.30. The first-order chi connectivity index (χ1) is 11.1. The van der Waals surface area contributed by atoms with Gasteiger partial charge in [-0.2, -0.15) is 5.10 Å². The van der Waals surface area contributed by atoms with Crippen molar-refractivity contribution in [3.8, 4) is 5.75 Å². The smallest absolute Gasteiger partial charge is 0.313 e. The van der Waals surface area contributed by atoms with Crippen LogP contribution in [0, 0.1) is 10.1 Å². The second kappa shape index (κ2) is 7.50. The van der Waals surface area contributed by atoms with E-state index in [-0.39, 0.29) is 18.1 Å². The van der Waals surface area contributed by atoms with Crippen LogP contribution in [0.2, 0.25) is 0 Å². The zero-order valence-corrected chi connectivity index (χ0v) is 11.9. The second-order valence-corrected chi connectivity index (χ2v) is 4.32. The Balaban J connectivity index is 1.98. The highest BCUT2D eigenvalue weighted by atomic mass is 16.6. The van der Waals surface area contributed by atoms with Crippen molar-refractivity contribution >= 4 is 23.6 Å². The number of nitrogens with zero attached hydrogens (tertiary/aromatic N) is 3. The number of hydrogen-bond donors (Lipinski definition) is 2. The number of primary amides is 1. The van der Waals surface area contributed by atoms with Crippen molar-refractivity contribution in [1.82, 2.24) is 4.98 Å². The number of carbonyl (C=O) groups is 1. The Kier molecular flexibility index (Phi) is 5.18. The number of carbonyl (C=O) groups excluding carboxylic acids is 1. The van der Waals surface area contributed by atoms with Gasteiger partial charge >= 0.3 is 5.69 Å². The third-order valence-corrected chi connectivity index (χ3v) is 2.63. The largest absolute Gasteiger partial charge is 0.484 e. The van der Waals surface area contributed by atoms with Crippen LogP contribution in [0.3, 0.4) is 0 Å². The minimum absolute atomic E-state index is 0.0511. The summed E-state index contributed by atoms with van der Waals surface area (Å²) in [7, 11) is 0. The standard InChI is InChI=1S/C14H13N5O4/c15-13(20)9-23-11-5-3-10(4-6-11)8-17-18-14-12(19(21)22)2-1-7-16-14/h1-8H,9H2,(H2,15,20)(H,16,18)/b17-8-. The van der Waals surface area contributed by atoms with Gasteiger partial charge in [-0.25, -0.2) is 4.98 Å². The molecular formula is C14H13N5O4. The van der Waals surface area contributed by atoms with Gasteiger partial charge in [-0.3, -0.25) is 20.3 Å². The molecule has 2 rings (SSSR count). The van der Waals surface area contributed by atoms with Crippen molar-refractivity contribution < 1.29 is 14.5 Å². The van der Waals surface area contributed by atoms with E-state index in [1.54, 1.807) is 24.3 Å². The van der Waals surface area contributed by atoms with Crippen molar-refractivity contribution in [3.05, 3.63) is 58.3 Å². The van der Waals surface area contributed by atoms with Gasteiger partial charge in [-0.05, 0) is 35.9 Å². The van der Waals surface area contributed by atoms with E-state index in [9.17, 15) is 14.9 Å². The van der Waals surface area contributed by atoms with Gasteiger partial charge in [0.15, 0.2) is 6.61 Å². The minimum atomic E-state index is -0.559.